The third-order valence-electron chi connectivity index (χ3n) is 3.91. The first-order chi connectivity index (χ1) is 11.5. The molecule has 1 aromatic carbocycles. The van der Waals surface area contributed by atoms with Crippen molar-refractivity contribution in [2.75, 3.05) is 0 Å². The molecule has 2 aliphatic heterocycles. The van der Waals surface area contributed by atoms with Crippen LogP contribution in [0.3, 0.4) is 0 Å². The summed E-state index contributed by atoms with van der Waals surface area (Å²) in [5, 5.41) is 12.8. The van der Waals surface area contributed by atoms with Gasteiger partial charge in [-0.2, -0.15) is 0 Å². The summed E-state index contributed by atoms with van der Waals surface area (Å²) in [5.74, 6) is -2.06. The van der Waals surface area contributed by atoms with Crippen LogP contribution in [0.4, 0.5) is 0 Å². The second-order valence-electron chi connectivity index (χ2n) is 5.46. The van der Waals surface area contributed by atoms with Gasteiger partial charge in [0.1, 0.15) is 17.7 Å². The normalized spacial score (nSPS) is 25.2. The summed E-state index contributed by atoms with van der Waals surface area (Å²) >= 11 is 1.16. The lowest BCUT2D eigenvalue weighted by atomic mass is 9.98. The number of carbonyl (C=O) groups is 4. The fourth-order valence-corrected chi connectivity index (χ4v) is 3.95. The van der Waals surface area contributed by atoms with Crippen LogP contribution < -0.4 is 5.32 Å². The standard InChI is InChI=1S/C16H14N2O5S/c19-7-10-8-24-15-12(14(21)18(15)13(10)16(22)23)17-11(20)6-9-4-2-1-3-5-9/h1-5,7-8,12-13,15H,6H2,(H,17,20)(H,22,23)/t12-,13?,15-/m1/s1. The molecule has 2 heterocycles. The van der Waals surface area contributed by atoms with Gasteiger partial charge < -0.3 is 15.3 Å². The number of carboxylic acid groups (broad SMARTS) is 1. The lowest BCUT2D eigenvalue weighted by molar-refractivity contribution is -0.160. The molecule has 2 aliphatic rings. The molecule has 0 spiro atoms. The van der Waals surface area contributed by atoms with Gasteiger partial charge in [0, 0.05) is 5.57 Å². The molecule has 0 bridgehead atoms. The van der Waals surface area contributed by atoms with E-state index in [-0.39, 0.29) is 17.9 Å². The molecule has 1 saturated heterocycles. The third-order valence-corrected chi connectivity index (χ3v) is 5.10. The molecule has 124 valence electrons. The van der Waals surface area contributed by atoms with Gasteiger partial charge in [-0.15, -0.1) is 11.8 Å². The average molecular weight is 346 g/mol. The summed E-state index contributed by atoms with van der Waals surface area (Å²) in [7, 11) is 0. The van der Waals surface area contributed by atoms with E-state index >= 15 is 0 Å². The van der Waals surface area contributed by atoms with Crippen molar-refractivity contribution >= 4 is 35.8 Å². The summed E-state index contributed by atoms with van der Waals surface area (Å²) in [6, 6.07) is 7.03. The van der Waals surface area contributed by atoms with Crippen LogP contribution in [0.1, 0.15) is 5.56 Å². The Morgan fingerprint density at radius 1 is 1.29 bits per heavy atom. The molecule has 0 aliphatic carbocycles. The van der Waals surface area contributed by atoms with Crippen LogP contribution in [0.25, 0.3) is 0 Å². The number of carboxylic acids is 1. The summed E-state index contributed by atoms with van der Waals surface area (Å²) in [6.45, 7) is 0. The number of hydrogen-bond acceptors (Lipinski definition) is 5. The fourth-order valence-electron chi connectivity index (χ4n) is 2.77. The topological polar surface area (TPSA) is 104 Å². The first kappa shape index (κ1) is 16.3. The summed E-state index contributed by atoms with van der Waals surface area (Å²) in [5.41, 5.74) is 0.854. The number of aliphatic carboxylic acids is 1. The van der Waals surface area contributed by atoms with Crippen LogP contribution >= 0.6 is 11.8 Å². The Morgan fingerprint density at radius 3 is 2.62 bits per heavy atom. The van der Waals surface area contributed by atoms with E-state index in [0.717, 1.165) is 22.2 Å². The smallest absolute Gasteiger partial charge is 0.331 e. The second-order valence-corrected chi connectivity index (χ2v) is 6.45. The molecule has 1 unspecified atom stereocenters. The van der Waals surface area contributed by atoms with Crippen LogP contribution in [0.5, 0.6) is 0 Å². The van der Waals surface area contributed by atoms with Gasteiger partial charge in [-0.1, -0.05) is 30.3 Å². The maximum Gasteiger partial charge on any atom is 0.331 e. The second kappa shape index (κ2) is 6.48. The zero-order chi connectivity index (χ0) is 17.3. The van der Waals surface area contributed by atoms with Crippen molar-refractivity contribution in [2.45, 2.75) is 23.9 Å². The number of carbonyl (C=O) groups excluding carboxylic acids is 3. The molecule has 3 atom stereocenters. The van der Waals surface area contributed by atoms with Crippen LogP contribution in [0, 0.1) is 0 Å². The van der Waals surface area contributed by atoms with Crippen molar-refractivity contribution < 1.29 is 24.3 Å². The minimum atomic E-state index is -1.29. The van der Waals surface area contributed by atoms with Gasteiger partial charge in [-0.25, -0.2) is 4.79 Å². The molecule has 24 heavy (non-hydrogen) atoms. The number of amides is 2. The molecule has 0 aromatic heterocycles. The summed E-state index contributed by atoms with van der Waals surface area (Å²) in [6.07, 6.45) is 0.580. The van der Waals surface area contributed by atoms with Gasteiger partial charge >= 0.3 is 5.97 Å². The number of aldehydes is 1. The van der Waals surface area contributed by atoms with Gasteiger partial charge in [0.15, 0.2) is 6.04 Å². The molecule has 3 rings (SSSR count). The van der Waals surface area contributed by atoms with E-state index in [1.807, 2.05) is 30.3 Å². The van der Waals surface area contributed by atoms with Crippen molar-refractivity contribution in [1.82, 2.24) is 10.2 Å². The molecule has 0 radical (unpaired) electrons. The molecular formula is C16H14N2O5S. The highest BCUT2D eigenvalue weighted by molar-refractivity contribution is 8.03. The maximum atomic E-state index is 12.3. The average Bonchev–Trinajstić information content (AvgIpc) is 2.58. The van der Waals surface area contributed by atoms with Crippen LogP contribution in [-0.4, -0.2) is 51.5 Å². The Morgan fingerprint density at radius 2 is 2.00 bits per heavy atom. The van der Waals surface area contributed by atoms with E-state index in [1.54, 1.807) is 0 Å². The quantitative estimate of drug-likeness (QED) is 0.582. The molecule has 1 aromatic rings. The lowest BCUT2D eigenvalue weighted by Gasteiger charge is -2.50. The molecule has 2 N–H and O–H groups in total. The Hall–Kier alpha value is -2.61. The van der Waals surface area contributed by atoms with Crippen LogP contribution in [0.2, 0.25) is 0 Å². The fraction of sp³-hybridized carbons (Fsp3) is 0.250. The van der Waals surface area contributed by atoms with Gasteiger partial charge in [0.05, 0.1) is 6.42 Å². The van der Waals surface area contributed by atoms with Gasteiger partial charge in [0.2, 0.25) is 11.8 Å². The van der Waals surface area contributed by atoms with Gasteiger partial charge in [-0.05, 0) is 11.0 Å². The van der Waals surface area contributed by atoms with E-state index in [9.17, 15) is 24.3 Å². The Balaban J connectivity index is 1.69. The monoisotopic (exact) mass is 346 g/mol. The van der Waals surface area contributed by atoms with Gasteiger partial charge in [0.25, 0.3) is 0 Å². The predicted molar refractivity (Wildman–Crippen MR) is 85.9 cm³/mol. The molecule has 0 saturated carbocycles. The lowest BCUT2D eigenvalue weighted by Crippen LogP contribution is -2.74. The number of nitrogens with one attached hydrogen (secondary N) is 1. The highest BCUT2D eigenvalue weighted by atomic mass is 32.2. The van der Waals surface area contributed by atoms with E-state index < -0.39 is 29.3 Å². The number of nitrogens with zero attached hydrogens (tertiary/aromatic N) is 1. The molecule has 8 heteroatoms. The Kier molecular flexibility index (Phi) is 4.39. The first-order valence-corrected chi connectivity index (χ1v) is 8.16. The van der Waals surface area contributed by atoms with E-state index in [1.165, 1.54) is 5.41 Å². The number of thioether (sulfide) groups is 1. The maximum absolute atomic E-state index is 12.3. The molecule has 2 amide bonds. The Bertz CT molecular complexity index is 733. The predicted octanol–water partition coefficient (Wildman–Crippen LogP) is 0.165. The Labute approximate surface area is 141 Å². The summed E-state index contributed by atoms with van der Waals surface area (Å²) < 4.78 is 0. The first-order valence-electron chi connectivity index (χ1n) is 7.22. The zero-order valence-electron chi connectivity index (χ0n) is 12.4. The largest absolute Gasteiger partial charge is 0.479 e. The summed E-state index contributed by atoms with van der Waals surface area (Å²) in [4.78, 5) is 47.8. The molecule has 7 nitrogen and oxygen atoms in total. The van der Waals surface area contributed by atoms with Crippen molar-refractivity contribution in [1.29, 1.82) is 0 Å². The van der Waals surface area contributed by atoms with Crippen molar-refractivity contribution in [2.24, 2.45) is 0 Å². The van der Waals surface area contributed by atoms with E-state index in [0.29, 0.717) is 6.29 Å². The highest BCUT2D eigenvalue weighted by Crippen LogP contribution is 2.39. The van der Waals surface area contributed by atoms with Crippen molar-refractivity contribution in [3.8, 4) is 0 Å². The highest BCUT2D eigenvalue weighted by Gasteiger charge is 2.55. The number of hydrogen-bond donors (Lipinski definition) is 2. The number of benzene rings is 1. The van der Waals surface area contributed by atoms with E-state index in [4.69, 9.17) is 0 Å². The van der Waals surface area contributed by atoms with Crippen LogP contribution in [-0.2, 0) is 25.6 Å². The minimum absolute atomic E-state index is 0.0335. The minimum Gasteiger partial charge on any atom is -0.479 e. The van der Waals surface area contributed by atoms with Crippen LogP contribution in [0.15, 0.2) is 41.3 Å². The van der Waals surface area contributed by atoms with Crippen molar-refractivity contribution in [3.05, 3.63) is 46.9 Å². The molecular weight excluding hydrogens is 332 g/mol. The van der Waals surface area contributed by atoms with Crippen molar-refractivity contribution in [3.63, 3.8) is 0 Å². The SMILES string of the molecule is O=CC1=CS[C@@H]2[C@H](NC(=O)Cc3ccccc3)C(=O)N2C1C(=O)O. The van der Waals surface area contributed by atoms with Gasteiger partial charge in [-0.3, -0.25) is 14.4 Å². The number of rotatable bonds is 5. The third kappa shape index (κ3) is 2.80. The zero-order valence-corrected chi connectivity index (χ0v) is 13.2. The molecule has 1 fully saturated rings. The van der Waals surface area contributed by atoms with E-state index in [2.05, 4.69) is 5.32 Å². The number of β-lactam (4-membered cyclic amide) rings is 1. The number of fused-ring (bicyclic) bond motifs is 1.